The Kier molecular flexibility index (Phi) is 2.69. The van der Waals surface area contributed by atoms with Gasteiger partial charge in [-0.1, -0.05) is 11.6 Å². The minimum Gasteiger partial charge on any atom is -0.411 e. The zero-order chi connectivity index (χ0) is 10.0. The highest BCUT2D eigenvalue weighted by atomic mass is 35.5. The van der Waals surface area contributed by atoms with Crippen LogP contribution in [0.4, 0.5) is 5.69 Å². The van der Waals surface area contributed by atoms with Crippen molar-refractivity contribution in [1.29, 1.82) is 0 Å². The van der Waals surface area contributed by atoms with Gasteiger partial charge in [0.1, 0.15) is 5.02 Å². The number of hydrogen-bond donors (Lipinski definition) is 1. The van der Waals surface area contributed by atoms with Crippen molar-refractivity contribution >= 4 is 17.3 Å². The van der Waals surface area contributed by atoms with Gasteiger partial charge in [-0.3, -0.25) is 10.1 Å². The van der Waals surface area contributed by atoms with Crippen molar-refractivity contribution in [3.8, 4) is 5.75 Å². The fourth-order valence-corrected chi connectivity index (χ4v) is 1.14. The van der Waals surface area contributed by atoms with Crippen molar-refractivity contribution in [2.75, 3.05) is 0 Å². The SMILES string of the molecule is Cc1cc([N+](=O)[O-])c(Cl)cc1ON. The molecule has 0 aliphatic heterocycles. The topological polar surface area (TPSA) is 78.4 Å². The molecule has 5 nitrogen and oxygen atoms in total. The first-order valence-corrected chi connectivity index (χ1v) is 3.75. The average Bonchev–Trinajstić information content (AvgIpc) is 2.07. The molecule has 0 bridgehead atoms. The monoisotopic (exact) mass is 202 g/mol. The van der Waals surface area contributed by atoms with Crippen molar-refractivity contribution < 1.29 is 9.76 Å². The van der Waals surface area contributed by atoms with Crippen molar-refractivity contribution in [3.05, 3.63) is 32.8 Å². The van der Waals surface area contributed by atoms with Gasteiger partial charge in [0.05, 0.1) is 4.92 Å². The number of benzene rings is 1. The van der Waals surface area contributed by atoms with E-state index in [1.807, 2.05) is 0 Å². The fraction of sp³-hybridized carbons (Fsp3) is 0.143. The molecule has 0 heterocycles. The third-order valence-electron chi connectivity index (χ3n) is 1.57. The van der Waals surface area contributed by atoms with Crippen LogP contribution < -0.4 is 10.7 Å². The minimum atomic E-state index is -0.560. The first-order chi connectivity index (χ1) is 6.06. The molecule has 0 aliphatic rings. The molecule has 0 saturated heterocycles. The zero-order valence-corrected chi connectivity index (χ0v) is 7.54. The van der Waals surface area contributed by atoms with Crippen LogP contribution >= 0.6 is 11.6 Å². The Hall–Kier alpha value is -1.33. The maximum absolute atomic E-state index is 10.4. The van der Waals surface area contributed by atoms with E-state index in [4.69, 9.17) is 17.5 Å². The number of halogens is 1. The summed E-state index contributed by atoms with van der Waals surface area (Å²) in [6.07, 6.45) is 0. The Labute approximate surface area is 79.2 Å². The Morgan fingerprint density at radius 1 is 1.62 bits per heavy atom. The van der Waals surface area contributed by atoms with E-state index < -0.39 is 4.92 Å². The lowest BCUT2D eigenvalue weighted by Gasteiger charge is -2.03. The van der Waals surface area contributed by atoms with Crippen molar-refractivity contribution in [2.24, 2.45) is 5.90 Å². The van der Waals surface area contributed by atoms with Crippen LogP contribution in [0.15, 0.2) is 12.1 Å². The van der Waals surface area contributed by atoms with Gasteiger partial charge in [-0.15, -0.1) is 0 Å². The Morgan fingerprint density at radius 2 is 2.23 bits per heavy atom. The normalized spacial score (nSPS) is 9.77. The molecule has 70 valence electrons. The molecule has 0 spiro atoms. The highest BCUT2D eigenvalue weighted by Crippen LogP contribution is 2.31. The lowest BCUT2D eigenvalue weighted by Crippen LogP contribution is -2.04. The molecule has 1 aromatic carbocycles. The van der Waals surface area contributed by atoms with Crippen molar-refractivity contribution in [3.63, 3.8) is 0 Å². The summed E-state index contributed by atoms with van der Waals surface area (Å²) in [5.41, 5.74) is 0.415. The molecule has 0 amide bonds. The first kappa shape index (κ1) is 9.76. The van der Waals surface area contributed by atoms with E-state index in [1.54, 1.807) is 6.92 Å². The molecule has 1 aromatic rings. The van der Waals surface area contributed by atoms with Gasteiger partial charge in [0, 0.05) is 17.7 Å². The van der Waals surface area contributed by atoms with Gasteiger partial charge in [-0.2, -0.15) is 5.90 Å². The molecule has 2 N–H and O–H groups in total. The number of aryl methyl sites for hydroxylation is 1. The van der Waals surface area contributed by atoms with Crippen LogP contribution in [0.5, 0.6) is 5.75 Å². The summed E-state index contributed by atoms with van der Waals surface area (Å²) in [5, 5.41) is 10.4. The van der Waals surface area contributed by atoms with Crippen LogP contribution in [-0.4, -0.2) is 4.92 Å². The van der Waals surface area contributed by atoms with Crippen LogP contribution in [0.1, 0.15) is 5.56 Å². The minimum absolute atomic E-state index is 0.0102. The molecule has 0 atom stereocenters. The van der Waals surface area contributed by atoms with E-state index in [1.165, 1.54) is 12.1 Å². The molecular weight excluding hydrogens is 196 g/mol. The average molecular weight is 203 g/mol. The van der Waals surface area contributed by atoms with Crippen LogP contribution in [-0.2, 0) is 0 Å². The molecule has 0 saturated carbocycles. The van der Waals surface area contributed by atoms with Crippen molar-refractivity contribution in [2.45, 2.75) is 6.92 Å². The van der Waals surface area contributed by atoms with Gasteiger partial charge in [0.25, 0.3) is 5.69 Å². The quantitative estimate of drug-likeness (QED) is 0.586. The zero-order valence-electron chi connectivity index (χ0n) is 6.78. The van der Waals surface area contributed by atoms with Crippen molar-refractivity contribution in [1.82, 2.24) is 0 Å². The highest BCUT2D eigenvalue weighted by molar-refractivity contribution is 6.32. The van der Waals surface area contributed by atoms with E-state index in [0.717, 1.165) is 0 Å². The Morgan fingerprint density at radius 3 is 2.69 bits per heavy atom. The smallest absolute Gasteiger partial charge is 0.288 e. The lowest BCUT2D eigenvalue weighted by molar-refractivity contribution is -0.384. The molecule has 0 radical (unpaired) electrons. The van der Waals surface area contributed by atoms with Gasteiger partial charge >= 0.3 is 0 Å². The second-order valence-corrected chi connectivity index (χ2v) is 2.85. The summed E-state index contributed by atoms with van der Waals surface area (Å²) >= 11 is 5.60. The summed E-state index contributed by atoms with van der Waals surface area (Å²) in [6.45, 7) is 1.64. The summed E-state index contributed by atoms with van der Waals surface area (Å²) in [5.74, 6) is 5.25. The molecule has 0 fully saturated rings. The second kappa shape index (κ2) is 3.59. The van der Waals surface area contributed by atoms with Gasteiger partial charge in [-0.05, 0) is 6.92 Å². The van der Waals surface area contributed by atoms with Gasteiger partial charge in [0.2, 0.25) is 0 Å². The van der Waals surface area contributed by atoms with Crippen LogP contribution in [0, 0.1) is 17.0 Å². The Bertz CT molecular complexity index is 354. The number of rotatable bonds is 2. The fourth-order valence-electron chi connectivity index (χ4n) is 0.915. The standard InChI is InChI=1S/C7H7ClN2O3/c1-4-2-6(10(11)12)5(8)3-7(4)13-9/h2-3H,9H2,1H3. The number of nitrogens with zero attached hydrogens (tertiary/aromatic N) is 1. The van der Waals surface area contributed by atoms with Crippen LogP contribution in [0.2, 0.25) is 5.02 Å². The summed E-state index contributed by atoms with van der Waals surface area (Å²) in [7, 11) is 0. The number of nitro groups is 1. The third-order valence-corrected chi connectivity index (χ3v) is 1.87. The number of hydrogen-bond acceptors (Lipinski definition) is 4. The van der Waals surface area contributed by atoms with E-state index in [2.05, 4.69) is 4.84 Å². The largest absolute Gasteiger partial charge is 0.411 e. The number of nitro benzene ring substituents is 1. The second-order valence-electron chi connectivity index (χ2n) is 2.44. The molecule has 0 aliphatic carbocycles. The highest BCUT2D eigenvalue weighted by Gasteiger charge is 2.15. The number of nitrogens with two attached hydrogens (primary N) is 1. The van der Waals surface area contributed by atoms with Crippen LogP contribution in [0.25, 0.3) is 0 Å². The third kappa shape index (κ3) is 1.88. The molecule has 6 heteroatoms. The molecule has 0 aromatic heterocycles. The molecule has 1 rings (SSSR count). The van der Waals surface area contributed by atoms with Crippen LogP contribution in [0.3, 0.4) is 0 Å². The van der Waals surface area contributed by atoms with Gasteiger partial charge < -0.3 is 4.84 Å². The summed E-state index contributed by atoms with van der Waals surface area (Å²) in [6, 6.07) is 2.62. The summed E-state index contributed by atoms with van der Waals surface area (Å²) in [4.78, 5) is 14.3. The molecule has 13 heavy (non-hydrogen) atoms. The Balaban J connectivity index is 3.28. The van der Waals surface area contributed by atoms with E-state index >= 15 is 0 Å². The predicted molar refractivity (Wildman–Crippen MR) is 47.7 cm³/mol. The van der Waals surface area contributed by atoms with Gasteiger partial charge in [-0.25, -0.2) is 0 Å². The first-order valence-electron chi connectivity index (χ1n) is 3.37. The maximum Gasteiger partial charge on any atom is 0.288 e. The maximum atomic E-state index is 10.4. The van der Waals surface area contributed by atoms with E-state index in [0.29, 0.717) is 11.3 Å². The van der Waals surface area contributed by atoms with E-state index in [-0.39, 0.29) is 10.7 Å². The van der Waals surface area contributed by atoms with Gasteiger partial charge in [0.15, 0.2) is 5.75 Å². The molecular formula is C7H7ClN2O3. The lowest BCUT2D eigenvalue weighted by atomic mass is 10.2. The van der Waals surface area contributed by atoms with E-state index in [9.17, 15) is 10.1 Å². The summed E-state index contributed by atoms with van der Waals surface area (Å²) < 4.78 is 0. The predicted octanol–water partition coefficient (Wildman–Crippen LogP) is 1.81. The molecule has 0 unspecified atom stereocenters.